The van der Waals surface area contributed by atoms with Crippen LogP contribution in [0, 0.1) is 0 Å². The summed E-state index contributed by atoms with van der Waals surface area (Å²) in [6, 6.07) is 51.1. The zero-order valence-corrected chi connectivity index (χ0v) is 26.9. The van der Waals surface area contributed by atoms with Crippen LogP contribution in [0.1, 0.15) is 6.85 Å². The number of benzene rings is 8. The van der Waals surface area contributed by atoms with Crippen molar-refractivity contribution in [2.24, 2.45) is 0 Å². The molecule has 0 atom stereocenters. The zero-order chi connectivity index (χ0) is 37.6. The van der Waals surface area contributed by atoms with Gasteiger partial charge in [-0.05, 0) is 73.1 Å². The quantitative estimate of drug-likeness (QED) is 0.181. The highest BCUT2D eigenvalue weighted by molar-refractivity contribution is 6.03. The molecule has 3 heteroatoms. The molecule has 0 saturated heterocycles. The number of hydrogen-bond acceptors (Lipinski definition) is 3. The molecule has 0 saturated carbocycles. The van der Waals surface area contributed by atoms with Crippen LogP contribution in [0.2, 0.25) is 0 Å². The van der Waals surface area contributed by atoms with Crippen LogP contribution in [0.15, 0.2) is 188 Å². The summed E-state index contributed by atoms with van der Waals surface area (Å²) in [5.41, 5.74) is 7.56. The van der Waals surface area contributed by atoms with Crippen molar-refractivity contribution in [2.45, 2.75) is 0 Å². The first-order valence-electron chi connectivity index (χ1n) is 18.9. The van der Waals surface area contributed by atoms with Crippen LogP contribution < -0.4 is 0 Å². The van der Waals surface area contributed by atoms with E-state index >= 15 is 0 Å². The lowest BCUT2D eigenvalue weighted by Gasteiger charge is -2.13. The minimum absolute atomic E-state index is 0.150. The first-order chi connectivity index (χ1) is 26.8. The number of hydrogen-bond donors (Lipinski definition) is 0. The van der Waals surface area contributed by atoms with Crippen molar-refractivity contribution in [2.75, 3.05) is 0 Å². The Bertz CT molecular complexity index is 2900. The summed E-state index contributed by atoms with van der Waals surface area (Å²) in [5, 5.41) is 3.82. The number of rotatable bonds is 6. The Hall–Kier alpha value is -6.71. The Balaban J connectivity index is 1.17. The monoisotopic (exact) mass is 642 g/mol. The summed E-state index contributed by atoms with van der Waals surface area (Å²) in [5.74, 6) is 1.49. The van der Waals surface area contributed by atoms with Crippen LogP contribution in [0.25, 0.3) is 89.1 Å². The molecule has 8 aromatic carbocycles. The summed E-state index contributed by atoms with van der Waals surface area (Å²) >= 11 is 0. The number of aromatic nitrogens is 3. The van der Waals surface area contributed by atoms with Crippen LogP contribution in [-0.2, 0) is 0 Å². The third kappa shape index (κ3) is 5.61. The van der Waals surface area contributed by atoms with Gasteiger partial charge >= 0.3 is 0 Å². The molecule has 9 rings (SSSR count). The maximum atomic E-state index is 8.67. The molecular weight excluding hydrogens is 607 g/mol. The molecule has 0 aliphatic carbocycles. The van der Waals surface area contributed by atoms with E-state index in [0.717, 1.165) is 44.0 Å². The second-order valence-electron chi connectivity index (χ2n) is 12.1. The third-order valence-electron chi connectivity index (χ3n) is 9.00. The normalized spacial score (nSPS) is 12.6. The van der Waals surface area contributed by atoms with E-state index in [4.69, 9.17) is 21.8 Å². The molecule has 0 aliphatic rings. The molecule has 0 aliphatic heterocycles. The fraction of sp³-hybridized carbons (Fsp3) is 0. The standard InChI is InChI=1S/C47H31N3/c1-4-13-32(14-5-1)36-25-26-39-30-37(27-28-38(39)29-36)35-19-10-20-40(31-35)46-48-45(34-17-8-3-9-18-34)49-47(50-46)44-24-12-22-42-41(21-11-23-43(42)44)33-15-6-2-7-16-33/h1-31H/i2D,6D,7D,15D,16D. The maximum Gasteiger partial charge on any atom is 0.164 e. The number of fused-ring (bicyclic) bond motifs is 2. The van der Waals surface area contributed by atoms with Gasteiger partial charge in [0.1, 0.15) is 0 Å². The molecule has 0 fully saturated rings. The summed E-state index contributed by atoms with van der Waals surface area (Å²) in [7, 11) is 0. The van der Waals surface area contributed by atoms with Crippen LogP contribution in [-0.4, -0.2) is 15.0 Å². The fourth-order valence-electron chi connectivity index (χ4n) is 6.52. The van der Waals surface area contributed by atoms with Crippen molar-refractivity contribution >= 4 is 21.5 Å². The smallest absolute Gasteiger partial charge is 0.164 e. The topological polar surface area (TPSA) is 38.7 Å². The summed E-state index contributed by atoms with van der Waals surface area (Å²) in [4.78, 5) is 15.0. The lowest BCUT2D eigenvalue weighted by molar-refractivity contribution is 1.08. The second-order valence-corrected chi connectivity index (χ2v) is 12.1. The first-order valence-corrected chi connectivity index (χ1v) is 16.4. The van der Waals surface area contributed by atoms with E-state index in [1.165, 1.54) is 16.5 Å². The first kappa shape index (κ1) is 24.4. The molecule has 0 N–H and O–H groups in total. The van der Waals surface area contributed by atoms with Crippen molar-refractivity contribution in [1.29, 1.82) is 0 Å². The van der Waals surface area contributed by atoms with Crippen molar-refractivity contribution in [3.05, 3.63) is 188 Å². The van der Waals surface area contributed by atoms with Gasteiger partial charge < -0.3 is 0 Å². The SMILES string of the molecule is [2H]c1c([2H])c([2H])c(-c2cccc3c(-c4nc(-c5ccccc5)nc(-c5cccc(-c6ccc7cc(-c8ccccc8)ccc7c6)c5)n4)cccc23)c([2H])c1[2H]. The van der Waals surface area contributed by atoms with Crippen molar-refractivity contribution in [3.8, 4) is 67.5 Å². The van der Waals surface area contributed by atoms with Crippen LogP contribution >= 0.6 is 0 Å². The lowest BCUT2D eigenvalue weighted by Crippen LogP contribution is -2.00. The van der Waals surface area contributed by atoms with Gasteiger partial charge in [-0.25, -0.2) is 15.0 Å². The van der Waals surface area contributed by atoms with Gasteiger partial charge in [-0.1, -0.05) is 170 Å². The minimum atomic E-state index is -0.423. The minimum Gasteiger partial charge on any atom is -0.208 e. The van der Waals surface area contributed by atoms with Gasteiger partial charge in [0.25, 0.3) is 0 Å². The van der Waals surface area contributed by atoms with Gasteiger partial charge in [0.15, 0.2) is 17.5 Å². The molecule has 234 valence electrons. The lowest BCUT2D eigenvalue weighted by atomic mass is 9.95. The van der Waals surface area contributed by atoms with Crippen molar-refractivity contribution in [3.63, 3.8) is 0 Å². The van der Waals surface area contributed by atoms with E-state index in [0.29, 0.717) is 23.0 Å². The molecule has 0 unspecified atom stereocenters. The Kier molecular flexibility index (Phi) is 6.22. The molecule has 1 aromatic heterocycles. The summed E-state index contributed by atoms with van der Waals surface area (Å²) in [6.45, 7) is 0. The van der Waals surface area contributed by atoms with E-state index in [2.05, 4.69) is 72.8 Å². The van der Waals surface area contributed by atoms with Gasteiger partial charge in [0.05, 0.1) is 6.85 Å². The van der Waals surface area contributed by atoms with E-state index < -0.39 is 6.04 Å². The highest BCUT2D eigenvalue weighted by atomic mass is 15.0. The average Bonchev–Trinajstić information content (AvgIpc) is 3.25. The molecular formula is C47H31N3. The highest BCUT2D eigenvalue weighted by Gasteiger charge is 2.16. The van der Waals surface area contributed by atoms with Gasteiger partial charge in [0.2, 0.25) is 0 Å². The summed E-state index contributed by atoms with van der Waals surface area (Å²) < 4.78 is 42.0. The Morgan fingerprint density at radius 3 is 1.52 bits per heavy atom. The van der Waals surface area contributed by atoms with Gasteiger partial charge in [-0.15, -0.1) is 0 Å². The average molecular weight is 643 g/mol. The van der Waals surface area contributed by atoms with Crippen LogP contribution in [0.3, 0.4) is 0 Å². The zero-order valence-electron chi connectivity index (χ0n) is 31.9. The molecule has 50 heavy (non-hydrogen) atoms. The van der Waals surface area contributed by atoms with Crippen molar-refractivity contribution in [1.82, 2.24) is 15.0 Å². The highest BCUT2D eigenvalue weighted by Crippen LogP contribution is 2.36. The maximum absolute atomic E-state index is 8.67. The second kappa shape index (κ2) is 12.7. The predicted molar refractivity (Wildman–Crippen MR) is 207 cm³/mol. The van der Waals surface area contributed by atoms with E-state index in [-0.39, 0.29) is 29.7 Å². The van der Waals surface area contributed by atoms with Gasteiger partial charge in [0, 0.05) is 16.7 Å². The molecule has 0 radical (unpaired) electrons. The predicted octanol–water partition coefficient (Wildman–Crippen LogP) is 12.2. The molecule has 1 heterocycles. The van der Waals surface area contributed by atoms with E-state index in [1.54, 1.807) is 6.07 Å². The van der Waals surface area contributed by atoms with E-state index in [9.17, 15) is 0 Å². The van der Waals surface area contributed by atoms with E-state index in [1.807, 2.05) is 78.9 Å². The Morgan fingerprint density at radius 1 is 0.320 bits per heavy atom. The molecule has 3 nitrogen and oxygen atoms in total. The molecule has 9 aromatic rings. The fourth-order valence-corrected chi connectivity index (χ4v) is 6.52. The molecule has 0 amide bonds. The Morgan fingerprint density at radius 2 is 0.820 bits per heavy atom. The van der Waals surface area contributed by atoms with Gasteiger partial charge in [-0.3, -0.25) is 0 Å². The Labute approximate surface area is 298 Å². The van der Waals surface area contributed by atoms with Crippen molar-refractivity contribution < 1.29 is 6.85 Å². The number of nitrogens with zero attached hydrogens (tertiary/aromatic N) is 3. The summed E-state index contributed by atoms with van der Waals surface area (Å²) in [6.07, 6.45) is 0. The molecule has 0 bridgehead atoms. The third-order valence-corrected chi connectivity index (χ3v) is 9.00. The largest absolute Gasteiger partial charge is 0.208 e. The van der Waals surface area contributed by atoms with Gasteiger partial charge in [-0.2, -0.15) is 0 Å². The van der Waals surface area contributed by atoms with Crippen LogP contribution in [0.5, 0.6) is 0 Å². The molecule has 0 spiro atoms. The van der Waals surface area contributed by atoms with Crippen LogP contribution in [0.4, 0.5) is 0 Å².